The van der Waals surface area contributed by atoms with Gasteiger partial charge in [0.25, 0.3) is 0 Å². The van der Waals surface area contributed by atoms with Crippen LogP contribution in [0.2, 0.25) is 0 Å². The van der Waals surface area contributed by atoms with Crippen LogP contribution in [0.1, 0.15) is 11.1 Å². The summed E-state index contributed by atoms with van der Waals surface area (Å²) in [7, 11) is 4.13. The number of likely N-dealkylation sites (N-methyl/N-ethyl adjacent to an activating group) is 1. The van der Waals surface area contributed by atoms with E-state index >= 15 is 0 Å². The zero-order valence-corrected chi connectivity index (χ0v) is 16.8. The van der Waals surface area contributed by atoms with Gasteiger partial charge in [0.2, 0.25) is 0 Å². The molecule has 0 saturated heterocycles. The number of rotatable bonds is 8. The molecule has 2 aromatic heterocycles. The van der Waals surface area contributed by atoms with Gasteiger partial charge in [-0.3, -0.25) is 0 Å². The van der Waals surface area contributed by atoms with E-state index in [0.717, 1.165) is 12.8 Å². The van der Waals surface area contributed by atoms with Crippen LogP contribution in [0.3, 0.4) is 0 Å². The van der Waals surface area contributed by atoms with Crippen molar-refractivity contribution in [2.75, 3.05) is 27.2 Å². The van der Waals surface area contributed by atoms with E-state index in [2.05, 4.69) is 76.1 Å². The molecule has 0 aliphatic rings. The molecule has 2 amide bonds. The number of carbonyl (C=O) groups is 1. The van der Waals surface area contributed by atoms with Crippen LogP contribution in [-0.2, 0) is 12.8 Å². The number of hydrogen-bond donors (Lipinski definition) is 2. The monoisotopic (exact) mass is 387 g/mol. The number of amides is 2. The number of urea groups is 1. The first-order valence-electron chi connectivity index (χ1n) is 8.78. The standard InChI is InChI=1S/C20H25N3OS2/c1-23(2)17(11-16-14-26-19-6-4-3-5-18(16)19)12-22-20(24)21-9-7-15-8-10-25-13-15/h3-6,8,10,13-14,17H,7,9,11-12H2,1-2H3,(H2,21,22,24)/t17-/m0/s1. The van der Waals surface area contributed by atoms with E-state index in [1.807, 2.05) is 0 Å². The maximum absolute atomic E-state index is 12.1. The molecule has 0 aliphatic carbocycles. The highest BCUT2D eigenvalue weighted by Gasteiger charge is 2.16. The van der Waals surface area contributed by atoms with Crippen molar-refractivity contribution in [1.29, 1.82) is 0 Å². The summed E-state index contributed by atoms with van der Waals surface area (Å²) in [6.07, 6.45) is 1.79. The van der Waals surface area contributed by atoms with E-state index in [1.54, 1.807) is 22.7 Å². The van der Waals surface area contributed by atoms with Gasteiger partial charge in [0, 0.05) is 23.8 Å². The Balaban J connectivity index is 1.49. The van der Waals surface area contributed by atoms with Crippen molar-refractivity contribution in [3.8, 4) is 0 Å². The highest BCUT2D eigenvalue weighted by atomic mass is 32.1. The number of carbonyl (C=O) groups excluding carboxylic acids is 1. The van der Waals surface area contributed by atoms with Gasteiger partial charge >= 0.3 is 6.03 Å². The van der Waals surface area contributed by atoms with Gasteiger partial charge in [0.05, 0.1) is 0 Å². The van der Waals surface area contributed by atoms with E-state index in [-0.39, 0.29) is 12.1 Å². The van der Waals surface area contributed by atoms with E-state index in [1.165, 1.54) is 21.2 Å². The normalized spacial score (nSPS) is 12.4. The summed E-state index contributed by atoms with van der Waals surface area (Å²) >= 11 is 3.47. The number of benzene rings is 1. The fourth-order valence-electron chi connectivity index (χ4n) is 2.91. The molecule has 0 saturated carbocycles. The Morgan fingerprint density at radius 1 is 1.15 bits per heavy atom. The van der Waals surface area contributed by atoms with Crippen LogP contribution in [0.25, 0.3) is 10.1 Å². The van der Waals surface area contributed by atoms with Crippen LogP contribution in [0.5, 0.6) is 0 Å². The maximum Gasteiger partial charge on any atom is 0.314 e. The first-order valence-corrected chi connectivity index (χ1v) is 10.6. The number of hydrogen-bond acceptors (Lipinski definition) is 4. The molecule has 2 heterocycles. The van der Waals surface area contributed by atoms with Crippen LogP contribution < -0.4 is 10.6 Å². The van der Waals surface area contributed by atoms with Gasteiger partial charge in [0.15, 0.2) is 0 Å². The Morgan fingerprint density at radius 3 is 2.77 bits per heavy atom. The number of nitrogens with zero attached hydrogens (tertiary/aromatic N) is 1. The molecule has 1 aromatic carbocycles. The number of fused-ring (bicyclic) bond motifs is 1. The van der Waals surface area contributed by atoms with Gasteiger partial charge in [-0.1, -0.05) is 18.2 Å². The van der Waals surface area contributed by atoms with Gasteiger partial charge < -0.3 is 15.5 Å². The van der Waals surface area contributed by atoms with E-state index in [4.69, 9.17) is 0 Å². The van der Waals surface area contributed by atoms with Crippen molar-refractivity contribution in [3.63, 3.8) is 0 Å². The summed E-state index contributed by atoms with van der Waals surface area (Å²) in [5, 5.41) is 13.7. The van der Waals surface area contributed by atoms with E-state index in [0.29, 0.717) is 13.1 Å². The van der Waals surface area contributed by atoms with Gasteiger partial charge in [-0.2, -0.15) is 11.3 Å². The van der Waals surface area contributed by atoms with Crippen LogP contribution >= 0.6 is 22.7 Å². The first-order chi connectivity index (χ1) is 12.6. The lowest BCUT2D eigenvalue weighted by molar-refractivity contribution is 0.232. The van der Waals surface area contributed by atoms with Gasteiger partial charge in [-0.15, -0.1) is 11.3 Å². The molecule has 0 radical (unpaired) electrons. The molecule has 2 N–H and O–H groups in total. The lowest BCUT2D eigenvalue weighted by atomic mass is 10.0. The third-order valence-corrected chi connectivity index (χ3v) is 6.27. The van der Waals surface area contributed by atoms with E-state index in [9.17, 15) is 4.79 Å². The Labute approximate surface area is 162 Å². The molecular weight excluding hydrogens is 362 g/mol. The zero-order chi connectivity index (χ0) is 18.4. The van der Waals surface area contributed by atoms with Crippen molar-refractivity contribution in [3.05, 3.63) is 57.6 Å². The first kappa shape index (κ1) is 18.9. The number of nitrogens with one attached hydrogen (secondary N) is 2. The van der Waals surface area contributed by atoms with Crippen LogP contribution in [0.4, 0.5) is 4.79 Å². The summed E-state index contributed by atoms with van der Waals surface area (Å²) in [6, 6.07) is 10.8. The van der Waals surface area contributed by atoms with Gasteiger partial charge in [-0.25, -0.2) is 4.79 Å². The molecule has 0 aliphatic heterocycles. The summed E-state index contributed by atoms with van der Waals surface area (Å²) in [6.45, 7) is 1.28. The molecule has 3 aromatic rings. The third kappa shape index (κ3) is 5.06. The fraction of sp³-hybridized carbons (Fsp3) is 0.350. The van der Waals surface area contributed by atoms with Crippen molar-refractivity contribution in [1.82, 2.24) is 15.5 Å². The summed E-state index contributed by atoms with van der Waals surface area (Å²) in [5.74, 6) is 0. The zero-order valence-electron chi connectivity index (χ0n) is 15.2. The second-order valence-electron chi connectivity index (χ2n) is 6.60. The van der Waals surface area contributed by atoms with E-state index < -0.39 is 0 Å². The van der Waals surface area contributed by atoms with Crippen molar-refractivity contribution < 1.29 is 4.79 Å². The maximum atomic E-state index is 12.1. The third-order valence-electron chi connectivity index (χ3n) is 4.52. The minimum Gasteiger partial charge on any atom is -0.338 e. The SMILES string of the molecule is CN(C)[C@H](CNC(=O)NCCc1ccsc1)Cc1csc2ccccc12. The summed E-state index contributed by atoms with van der Waals surface area (Å²) in [5.41, 5.74) is 2.62. The minimum absolute atomic E-state index is 0.0951. The quantitative estimate of drug-likeness (QED) is 0.614. The second-order valence-corrected chi connectivity index (χ2v) is 8.29. The molecule has 0 spiro atoms. The lowest BCUT2D eigenvalue weighted by Gasteiger charge is -2.24. The highest BCUT2D eigenvalue weighted by molar-refractivity contribution is 7.17. The predicted molar refractivity (Wildman–Crippen MR) is 112 cm³/mol. The van der Waals surface area contributed by atoms with Gasteiger partial charge in [0.1, 0.15) is 0 Å². The molecule has 26 heavy (non-hydrogen) atoms. The summed E-state index contributed by atoms with van der Waals surface area (Å²) < 4.78 is 1.32. The Hall–Kier alpha value is -1.89. The average molecular weight is 388 g/mol. The predicted octanol–water partition coefficient (Wildman–Crippen LogP) is 3.98. The Bertz CT molecular complexity index is 827. The van der Waals surface area contributed by atoms with Crippen molar-refractivity contribution in [2.24, 2.45) is 0 Å². The summed E-state index contributed by atoms with van der Waals surface area (Å²) in [4.78, 5) is 14.3. The highest BCUT2D eigenvalue weighted by Crippen LogP contribution is 2.27. The molecule has 1 atom stereocenters. The smallest absolute Gasteiger partial charge is 0.314 e. The second kappa shape index (κ2) is 9.16. The topological polar surface area (TPSA) is 44.4 Å². The van der Waals surface area contributed by atoms with Crippen molar-refractivity contribution in [2.45, 2.75) is 18.9 Å². The van der Waals surface area contributed by atoms with Crippen LogP contribution in [0, 0.1) is 0 Å². The molecule has 0 bridgehead atoms. The fourth-order valence-corrected chi connectivity index (χ4v) is 4.59. The van der Waals surface area contributed by atoms with Gasteiger partial charge in [-0.05, 0) is 71.7 Å². The minimum atomic E-state index is -0.0951. The molecular formula is C20H25N3OS2. The molecule has 4 nitrogen and oxygen atoms in total. The molecule has 0 unspecified atom stereocenters. The van der Waals surface area contributed by atoms with Crippen LogP contribution in [-0.4, -0.2) is 44.2 Å². The van der Waals surface area contributed by atoms with Crippen LogP contribution in [0.15, 0.2) is 46.5 Å². The molecule has 6 heteroatoms. The molecule has 3 rings (SSSR count). The molecule has 138 valence electrons. The largest absolute Gasteiger partial charge is 0.338 e. The average Bonchev–Trinajstić information content (AvgIpc) is 3.28. The Kier molecular flexibility index (Phi) is 6.66. The Morgan fingerprint density at radius 2 is 2.00 bits per heavy atom. The van der Waals surface area contributed by atoms with Crippen molar-refractivity contribution >= 4 is 38.8 Å². The number of thiophene rings is 2. The lowest BCUT2D eigenvalue weighted by Crippen LogP contribution is -2.45. The molecule has 0 fully saturated rings.